The van der Waals surface area contributed by atoms with Crippen LogP contribution in [0.5, 0.6) is 0 Å². The van der Waals surface area contributed by atoms with Crippen LogP contribution in [-0.2, 0) is 9.59 Å². The molecule has 5 nitrogen and oxygen atoms in total. The highest BCUT2D eigenvalue weighted by atomic mass is 16.2. The maximum atomic E-state index is 12.1. The average molecular weight is 343 g/mol. The van der Waals surface area contributed by atoms with E-state index in [-0.39, 0.29) is 23.8 Å². The summed E-state index contributed by atoms with van der Waals surface area (Å²) in [5.41, 5.74) is 1.31. The Bertz CT molecular complexity index is 604. The van der Waals surface area contributed by atoms with Crippen molar-refractivity contribution in [2.24, 2.45) is 11.8 Å². The van der Waals surface area contributed by atoms with E-state index in [1.165, 1.54) is 5.56 Å². The summed E-state index contributed by atoms with van der Waals surface area (Å²) < 4.78 is 0. The smallest absolute Gasteiger partial charge is 0.223 e. The molecule has 25 heavy (non-hydrogen) atoms. The normalized spacial score (nSPS) is 26.9. The molecule has 5 heteroatoms. The van der Waals surface area contributed by atoms with Gasteiger partial charge in [0.2, 0.25) is 11.8 Å². The standard InChI is InChI=1S/C20H29N3O2/c1-14-12-18(14)20(25)21-10-8-19(24)22-17-9-11-23(13-17)15(2)16-6-4-3-5-7-16/h3-7,14-15,17-18H,8-13H2,1-2H3,(H,21,25)(H,22,24)/t14-,15+,17+,18+/m1/s1. The monoisotopic (exact) mass is 343 g/mol. The molecule has 4 atom stereocenters. The molecule has 1 aromatic carbocycles. The summed E-state index contributed by atoms with van der Waals surface area (Å²) in [7, 11) is 0. The summed E-state index contributed by atoms with van der Waals surface area (Å²) in [6.45, 7) is 6.61. The van der Waals surface area contributed by atoms with Gasteiger partial charge in [0.05, 0.1) is 0 Å². The molecule has 0 radical (unpaired) electrons. The summed E-state index contributed by atoms with van der Waals surface area (Å²) in [6.07, 6.45) is 2.32. The lowest BCUT2D eigenvalue weighted by Crippen LogP contribution is -2.39. The van der Waals surface area contributed by atoms with Gasteiger partial charge in [0.1, 0.15) is 0 Å². The largest absolute Gasteiger partial charge is 0.355 e. The second-order valence-electron chi connectivity index (χ2n) is 7.50. The Morgan fingerprint density at radius 1 is 1.28 bits per heavy atom. The first-order chi connectivity index (χ1) is 12.0. The van der Waals surface area contributed by atoms with Gasteiger partial charge in [-0.3, -0.25) is 14.5 Å². The first-order valence-electron chi connectivity index (χ1n) is 9.40. The summed E-state index contributed by atoms with van der Waals surface area (Å²) in [4.78, 5) is 26.3. The minimum absolute atomic E-state index is 0.0309. The van der Waals surface area contributed by atoms with Crippen LogP contribution in [-0.4, -0.2) is 42.4 Å². The molecule has 1 heterocycles. The summed E-state index contributed by atoms with van der Waals surface area (Å²) in [5, 5.41) is 5.98. The van der Waals surface area contributed by atoms with Gasteiger partial charge in [0.15, 0.2) is 0 Å². The number of hydrogen-bond donors (Lipinski definition) is 2. The molecule has 1 aliphatic heterocycles. The van der Waals surface area contributed by atoms with Crippen LogP contribution >= 0.6 is 0 Å². The third-order valence-electron chi connectivity index (χ3n) is 5.51. The fourth-order valence-corrected chi connectivity index (χ4v) is 3.62. The predicted octanol–water partition coefficient (Wildman–Crippen LogP) is 2.10. The number of hydrogen-bond acceptors (Lipinski definition) is 3. The summed E-state index contributed by atoms with van der Waals surface area (Å²) in [6, 6.07) is 11.0. The van der Waals surface area contributed by atoms with Crippen LogP contribution in [0.1, 0.15) is 44.7 Å². The SMILES string of the molecule is C[C@@H]1C[C@@H]1C(=O)NCCC(=O)N[C@H]1CCN([C@@H](C)c2ccccc2)C1. The molecule has 0 aromatic heterocycles. The summed E-state index contributed by atoms with van der Waals surface area (Å²) in [5.74, 6) is 0.809. The average Bonchev–Trinajstić information content (AvgIpc) is 3.17. The highest BCUT2D eigenvalue weighted by molar-refractivity contribution is 5.82. The zero-order chi connectivity index (χ0) is 17.8. The zero-order valence-electron chi connectivity index (χ0n) is 15.2. The molecule has 1 aliphatic carbocycles. The highest BCUT2D eigenvalue weighted by Crippen LogP contribution is 2.37. The number of benzene rings is 1. The molecule has 0 spiro atoms. The van der Waals surface area contributed by atoms with E-state index in [0.717, 1.165) is 25.9 Å². The number of amides is 2. The van der Waals surface area contributed by atoms with Crippen LogP contribution in [0.25, 0.3) is 0 Å². The number of rotatable bonds is 7. The van der Waals surface area contributed by atoms with Crippen LogP contribution in [0.3, 0.4) is 0 Å². The van der Waals surface area contributed by atoms with E-state index in [9.17, 15) is 9.59 Å². The van der Waals surface area contributed by atoms with Crippen molar-refractivity contribution in [3.63, 3.8) is 0 Å². The molecule has 1 saturated carbocycles. The minimum Gasteiger partial charge on any atom is -0.355 e. The maximum absolute atomic E-state index is 12.1. The lowest BCUT2D eigenvalue weighted by atomic mass is 10.1. The van der Waals surface area contributed by atoms with Gasteiger partial charge in [-0.25, -0.2) is 0 Å². The van der Waals surface area contributed by atoms with Crippen molar-refractivity contribution < 1.29 is 9.59 Å². The van der Waals surface area contributed by atoms with Crippen LogP contribution < -0.4 is 10.6 Å². The molecular weight excluding hydrogens is 314 g/mol. The Balaban J connectivity index is 1.36. The van der Waals surface area contributed by atoms with E-state index in [1.54, 1.807) is 0 Å². The van der Waals surface area contributed by atoms with Crippen molar-refractivity contribution in [1.29, 1.82) is 0 Å². The molecule has 2 N–H and O–H groups in total. The lowest BCUT2D eigenvalue weighted by molar-refractivity contribution is -0.123. The second kappa shape index (κ2) is 8.00. The number of carbonyl (C=O) groups excluding carboxylic acids is 2. The molecule has 2 amide bonds. The van der Waals surface area contributed by atoms with Crippen LogP contribution in [0, 0.1) is 11.8 Å². The number of carbonyl (C=O) groups is 2. The van der Waals surface area contributed by atoms with Crippen LogP contribution in [0.15, 0.2) is 30.3 Å². The number of likely N-dealkylation sites (tertiary alicyclic amines) is 1. The van der Waals surface area contributed by atoms with Crippen LogP contribution in [0.4, 0.5) is 0 Å². The molecule has 136 valence electrons. The fourth-order valence-electron chi connectivity index (χ4n) is 3.62. The first kappa shape index (κ1) is 17.9. The van der Waals surface area contributed by atoms with Crippen molar-refractivity contribution in [3.05, 3.63) is 35.9 Å². The van der Waals surface area contributed by atoms with Crippen molar-refractivity contribution in [1.82, 2.24) is 15.5 Å². The molecule has 0 bridgehead atoms. The highest BCUT2D eigenvalue weighted by Gasteiger charge is 2.38. The predicted molar refractivity (Wildman–Crippen MR) is 97.9 cm³/mol. The zero-order valence-corrected chi connectivity index (χ0v) is 15.2. The van der Waals surface area contributed by atoms with Crippen molar-refractivity contribution >= 4 is 11.8 Å². The number of nitrogens with zero attached hydrogens (tertiary/aromatic N) is 1. The molecular formula is C20H29N3O2. The van der Waals surface area contributed by atoms with Crippen molar-refractivity contribution in [2.45, 2.75) is 45.2 Å². The lowest BCUT2D eigenvalue weighted by Gasteiger charge is -2.24. The molecule has 1 saturated heterocycles. The van der Waals surface area contributed by atoms with E-state index < -0.39 is 0 Å². The molecule has 2 aliphatic rings. The molecule has 3 rings (SSSR count). The van der Waals surface area contributed by atoms with Gasteiger partial charge < -0.3 is 10.6 Å². The van der Waals surface area contributed by atoms with Crippen LogP contribution in [0.2, 0.25) is 0 Å². The minimum atomic E-state index is 0.0309. The van der Waals surface area contributed by atoms with E-state index in [2.05, 4.69) is 53.6 Å². The van der Waals surface area contributed by atoms with E-state index in [0.29, 0.717) is 24.9 Å². The molecule has 0 unspecified atom stereocenters. The third-order valence-corrected chi connectivity index (χ3v) is 5.51. The molecule has 2 fully saturated rings. The van der Waals surface area contributed by atoms with Gasteiger partial charge in [-0.15, -0.1) is 0 Å². The van der Waals surface area contributed by atoms with E-state index in [4.69, 9.17) is 0 Å². The van der Waals surface area contributed by atoms with Gasteiger partial charge in [0, 0.05) is 44.1 Å². The second-order valence-corrected chi connectivity index (χ2v) is 7.50. The van der Waals surface area contributed by atoms with Gasteiger partial charge in [-0.05, 0) is 31.2 Å². The summed E-state index contributed by atoms with van der Waals surface area (Å²) >= 11 is 0. The fraction of sp³-hybridized carbons (Fsp3) is 0.600. The maximum Gasteiger partial charge on any atom is 0.223 e. The third kappa shape index (κ3) is 4.82. The molecule has 1 aromatic rings. The van der Waals surface area contributed by atoms with Gasteiger partial charge >= 0.3 is 0 Å². The van der Waals surface area contributed by atoms with E-state index in [1.807, 2.05) is 6.07 Å². The van der Waals surface area contributed by atoms with Crippen molar-refractivity contribution in [3.8, 4) is 0 Å². The van der Waals surface area contributed by atoms with E-state index >= 15 is 0 Å². The van der Waals surface area contributed by atoms with Gasteiger partial charge in [-0.2, -0.15) is 0 Å². The van der Waals surface area contributed by atoms with Gasteiger partial charge in [0.25, 0.3) is 0 Å². The number of nitrogens with one attached hydrogen (secondary N) is 2. The quantitative estimate of drug-likeness (QED) is 0.797. The van der Waals surface area contributed by atoms with Crippen molar-refractivity contribution in [2.75, 3.05) is 19.6 Å². The Labute approximate surface area is 150 Å². The Morgan fingerprint density at radius 2 is 2.00 bits per heavy atom. The Kier molecular flexibility index (Phi) is 5.74. The first-order valence-corrected chi connectivity index (χ1v) is 9.40. The topological polar surface area (TPSA) is 61.4 Å². The van der Waals surface area contributed by atoms with Gasteiger partial charge in [-0.1, -0.05) is 37.3 Å². The Hall–Kier alpha value is -1.88. The Morgan fingerprint density at radius 3 is 2.68 bits per heavy atom.